The molecular formula is C21H18F2N4O3S. The fourth-order valence-corrected chi connectivity index (χ4v) is 4.04. The molecule has 0 amide bonds. The van der Waals surface area contributed by atoms with Gasteiger partial charge in [-0.25, -0.2) is 22.2 Å². The van der Waals surface area contributed by atoms with Crippen molar-refractivity contribution in [3.63, 3.8) is 0 Å². The number of benzene rings is 1. The van der Waals surface area contributed by atoms with Crippen LogP contribution in [0.2, 0.25) is 0 Å². The van der Waals surface area contributed by atoms with E-state index in [4.69, 9.17) is 0 Å². The van der Waals surface area contributed by atoms with Gasteiger partial charge in [-0.3, -0.25) is 14.5 Å². The van der Waals surface area contributed by atoms with Crippen LogP contribution in [0.5, 0.6) is 0 Å². The highest BCUT2D eigenvalue weighted by Gasteiger charge is 2.34. The van der Waals surface area contributed by atoms with Crippen LogP contribution in [-0.4, -0.2) is 36.5 Å². The Balaban J connectivity index is 1.73. The van der Waals surface area contributed by atoms with Crippen LogP contribution in [0.15, 0.2) is 48.9 Å². The number of rotatable bonds is 6. The molecule has 31 heavy (non-hydrogen) atoms. The number of hydrogen-bond acceptors (Lipinski definition) is 6. The van der Waals surface area contributed by atoms with Crippen molar-refractivity contribution in [1.82, 2.24) is 9.97 Å². The Labute approximate surface area is 177 Å². The predicted molar refractivity (Wildman–Crippen MR) is 112 cm³/mol. The summed E-state index contributed by atoms with van der Waals surface area (Å²) < 4.78 is 55.1. The lowest BCUT2D eigenvalue weighted by atomic mass is 9.91. The molecule has 1 aliphatic heterocycles. The van der Waals surface area contributed by atoms with E-state index in [2.05, 4.69) is 15.3 Å². The van der Waals surface area contributed by atoms with Crippen LogP contribution in [0.3, 0.4) is 0 Å². The molecule has 10 heteroatoms. The fraction of sp³-hybridized carbons (Fsp3) is 0.190. The summed E-state index contributed by atoms with van der Waals surface area (Å²) in [5, 5.41) is 2.98. The zero-order chi connectivity index (χ0) is 22.2. The number of nitrogens with one attached hydrogen (secondary N) is 2. The monoisotopic (exact) mass is 444 g/mol. The number of carbonyl (C=O) groups excluding carboxylic acids is 1. The summed E-state index contributed by atoms with van der Waals surface area (Å²) in [5.74, 6) is -3.84. The lowest BCUT2D eigenvalue weighted by molar-refractivity contribution is 0.0958. The average molecular weight is 444 g/mol. The van der Waals surface area contributed by atoms with Crippen LogP contribution < -0.4 is 10.0 Å². The summed E-state index contributed by atoms with van der Waals surface area (Å²) in [7, 11) is -3.81. The third kappa shape index (κ3) is 3.98. The molecule has 0 radical (unpaired) electrons. The van der Waals surface area contributed by atoms with Gasteiger partial charge in [0.05, 0.1) is 22.9 Å². The first-order valence-corrected chi connectivity index (χ1v) is 11.1. The molecule has 7 nitrogen and oxygen atoms in total. The van der Waals surface area contributed by atoms with Crippen molar-refractivity contribution in [1.29, 1.82) is 0 Å². The van der Waals surface area contributed by atoms with Gasteiger partial charge in [0.1, 0.15) is 11.6 Å². The van der Waals surface area contributed by atoms with Crippen LogP contribution >= 0.6 is 0 Å². The number of nitrogens with zero attached hydrogens (tertiary/aromatic N) is 2. The summed E-state index contributed by atoms with van der Waals surface area (Å²) in [6, 6.07) is 7.16. The fourth-order valence-electron chi connectivity index (χ4n) is 3.40. The standard InChI is InChI=1S/C21H18F2N4O3S/c1-2-31(29,30)27-17-6-5-16(22)18(19(17)23)20(28)15-11-26-21-14(15)8-13(10-25-21)12-4-3-7-24-9-12/h3-10,15,27H,2,11H2,1H3,(H,25,26). The second-order valence-corrected chi connectivity index (χ2v) is 9.00. The quantitative estimate of drug-likeness (QED) is 0.564. The van der Waals surface area contributed by atoms with E-state index in [-0.39, 0.29) is 12.3 Å². The maximum atomic E-state index is 15.0. The van der Waals surface area contributed by atoms with Crippen molar-refractivity contribution in [2.45, 2.75) is 12.8 Å². The zero-order valence-corrected chi connectivity index (χ0v) is 17.2. The minimum Gasteiger partial charge on any atom is -0.369 e. The van der Waals surface area contributed by atoms with Crippen molar-refractivity contribution in [3.05, 3.63) is 71.7 Å². The highest BCUT2D eigenvalue weighted by molar-refractivity contribution is 7.92. The Bertz CT molecular complexity index is 1270. The molecule has 3 aromatic rings. The normalized spacial score (nSPS) is 15.3. The Morgan fingerprint density at radius 2 is 2.03 bits per heavy atom. The molecule has 160 valence electrons. The van der Waals surface area contributed by atoms with Crippen LogP contribution in [-0.2, 0) is 10.0 Å². The number of halogens is 2. The Hall–Kier alpha value is -3.40. The van der Waals surface area contributed by atoms with E-state index < -0.39 is 44.6 Å². The highest BCUT2D eigenvalue weighted by atomic mass is 32.2. The molecule has 1 aromatic carbocycles. The van der Waals surface area contributed by atoms with Gasteiger partial charge in [-0.15, -0.1) is 0 Å². The summed E-state index contributed by atoms with van der Waals surface area (Å²) in [4.78, 5) is 21.5. The second kappa shape index (κ2) is 8.03. The highest BCUT2D eigenvalue weighted by Crippen LogP contribution is 2.36. The van der Waals surface area contributed by atoms with Crippen LogP contribution in [0.1, 0.15) is 28.8 Å². The molecule has 0 spiro atoms. The first-order valence-electron chi connectivity index (χ1n) is 9.47. The van der Waals surface area contributed by atoms with Gasteiger partial charge in [0.2, 0.25) is 10.0 Å². The molecule has 1 atom stereocenters. The molecule has 2 aromatic heterocycles. The van der Waals surface area contributed by atoms with Crippen molar-refractivity contribution in [2.24, 2.45) is 0 Å². The van der Waals surface area contributed by atoms with E-state index in [9.17, 15) is 22.0 Å². The van der Waals surface area contributed by atoms with Gasteiger partial charge in [-0.1, -0.05) is 6.07 Å². The number of hydrogen-bond donors (Lipinski definition) is 2. The third-order valence-electron chi connectivity index (χ3n) is 5.06. The molecule has 3 heterocycles. The van der Waals surface area contributed by atoms with Gasteiger partial charge in [0.25, 0.3) is 0 Å². The number of Topliss-reactive ketones (excluding diaryl/α,β-unsaturated/α-hetero) is 1. The Morgan fingerprint density at radius 3 is 2.74 bits per heavy atom. The number of anilines is 2. The smallest absolute Gasteiger partial charge is 0.232 e. The molecule has 0 bridgehead atoms. The number of pyridine rings is 2. The molecule has 0 saturated carbocycles. The van der Waals surface area contributed by atoms with Gasteiger partial charge in [-0.05, 0) is 31.2 Å². The largest absolute Gasteiger partial charge is 0.369 e. The van der Waals surface area contributed by atoms with Crippen molar-refractivity contribution in [3.8, 4) is 11.1 Å². The minimum absolute atomic E-state index is 0.113. The molecule has 4 rings (SSSR count). The van der Waals surface area contributed by atoms with Crippen LogP contribution in [0.4, 0.5) is 20.3 Å². The zero-order valence-electron chi connectivity index (χ0n) is 16.4. The third-order valence-corrected chi connectivity index (χ3v) is 6.35. The van der Waals surface area contributed by atoms with E-state index in [1.165, 1.54) is 6.92 Å². The molecule has 1 aliphatic rings. The summed E-state index contributed by atoms with van der Waals surface area (Å²) in [5.41, 5.74) is 0.732. The minimum atomic E-state index is -3.81. The second-order valence-electron chi connectivity index (χ2n) is 6.99. The molecule has 0 aliphatic carbocycles. The van der Waals surface area contributed by atoms with E-state index in [1.807, 2.05) is 10.8 Å². The number of fused-ring (bicyclic) bond motifs is 1. The number of ketones is 1. The average Bonchev–Trinajstić information content (AvgIpc) is 3.19. The maximum absolute atomic E-state index is 15.0. The van der Waals surface area contributed by atoms with E-state index >= 15 is 0 Å². The predicted octanol–water partition coefficient (Wildman–Crippen LogP) is 3.58. The first kappa shape index (κ1) is 20.9. The topological polar surface area (TPSA) is 101 Å². The summed E-state index contributed by atoms with van der Waals surface area (Å²) in [6.45, 7) is 1.49. The van der Waals surface area contributed by atoms with Crippen molar-refractivity contribution in [2.75, 3.05) is 22.3 Å². The lowest BCUT2D eigenvalue weighted by Crippen LogP contribution is -2.20. The van der Waals surface area contributed by atoms with E-state index in [0.29, 0.717) is 16.9 Å². The molecular weight excluding hydrogens is 426 g/mol. The Morgan fingerprint density at radius 1 is 1.23 bits per heavy atom. The number of aromatic nitrogens is 2. The van der Waals surface area contributed by atoms with Crippen LogP contribution in [0, 0.1) is 11.6 Å². The first-order chi connectivity index (χ1) is 14.8. The van der Waals surface area contributed by atoms with E-state index in [1.54, 1.807) is 30.7 Å². The van der Waals surface area contributed by atoms with Gasteiger partial charge in [-0.2, -0.15) is 0 Å². The lowest BCUT2D eigenvalue weighted by Gasteiger charge is -2.14. The molecule has 0 fully saturated rings. The number of sulfonamides is 1. The van der Waals surface area contributed by atoms with Gasteiger partial charge in [0.15, 0.2) is 11.6 Å². The molecule has 2 N–H and O–H groups in total. The van der Waals surface area contributed by atoms with Crippen molar-refractivity contribution < 1.29 is 22.0 Å². The van der Waals surface area contributed by atoms with Crippen molar-refractivity contribution >= 4 is 27.3 Å². The van der Waals surface area contributed by atoms with E-state index in [0.717, 1.165) is 17.7 Å². The maximum Gasteiger partial charge on any atom is 0.232 e. The molecule has 1 unspecified atom stereocenters. The molecule has 0 saturated heterocycles. The Kier molecular flexibility index (Phi) is 5.40. The summed E-state index contributed by atoms with van der Waals surface area (Å²) >= 11 is 0. The van der Waals surface area contributed by atoms with Crippen LogP contribution in [0.25, 0.3) is 11.1 Å². The van der Waals surface area contributed by atoms with Gasteiger partial charge >= 0.3 is 0 Å². The summed E-state index contributed by atoms with van der Waals surface area (Å²) in [6.07, 6.45) is 4.89. The number of carbonyl (C=O) groups is 1. The van der Waals surface area contributed by atoms with Gasteiger partial charge < -0.3 is 5.32 Å². The SMILES string of the molecule is CCS(=O)(=O)Nc1ccc(F)c(C(=O)C2CNc3ncc(-c4cccnc4)cc32)c1F. The van der Waals surface area contributed by atoms with Gasteiger partial charge in [0, 0.05) is 41.8 Å².